The van der Waals surface area contributed by atoms with Crippen LogP contribution in [0.3, 0.4) is 0 Å². The van der Waals surface area contributed by atoms with Gasteiger partial charge in [-0.2, -0.15) is 0 Å². The topological polar surface area (TPSA) is 159 Å². The van der Waals surface area contributed by atoms with Crippen LogP contribution in [-0.2, 0) is 22.6 Å². The summed E-state index contributed by atoms with van der Waals surface area (Å²) in [6, 6.07) is 11.8. The van der Waals surface area contributed by atoms with Crippen LogP contribution in [0.5, 0.6) is 5.75 Å². The smallest absolute Gasteiger partial charge is 0.414 e. The van der Waals surface area contributed by atoms with E-state index in [9.17, 15) is 24.3 Å². The number of carbonyl (C=O) groups excluding carboxylic acids is 2. The Labute approximate surface area is 190 Å². The zero-order chi connectivity index (χ0) is 22.8. The number of nitrogens with zero attached hydrogens (tertiary/aromatic N) is 1. The van der Waals surface area contributed by atoms with Gasteiger partial charge in [-0.15, -0.1) is 12.4 Å². The SMILES string of the molecule is Cl.NCCNC(=O)c1cccc(COc2ccc(CC(C(=O)O)N(C=O)C(=O)O)cc2)c1. The molecule has 0 saturated carbocycles. The van der Waals surface area contributed by atoms with Crippen LogP contribution in [0, 0.1) is 0 Å². The Hall–Kier alpha value is -3.63. The van der Waals surface area contributed by atoms with E-state index in [0.717, 1.165) is 5.56 Å². The number of benzene rings is 2. The molecule has 0 saturated heterocycles. The zero-order valence-electron chi connectivity index (χ0n) is 17.0. The molecule has 0 bridgehead atoms. The fourth-order valence-electron chi connectivity index (χ4n) is 2.76. The third kappa shape index (κ3) is 7.56. The summed E-state index contributed by atoms with van der Waals surface area (Å²) in [5.41, 5.74) is 7.16. The number of hydrogen-bond acceptors (Lipinski definition) is 6. The molecule has 2 aromatic carbocycles. The van der Waals surface area contributed by atoms with Gasteiger partial charge >= 0.3 is 12.1 Å². The van der Waals surface area contributed by atoms with Crippen LogP contribution in [0.4, 0.5) is 4.79 Å². The predicted octanol–water partition coefficient (Wildman–Crippen LogP) is 1.51. The number of aliphatic carboxylic acids is 1. The lowest BCUT2D eigenvalue weighted by Gasteiger charge is -2.20. The largest absolute Gasteiger partial charge is 0.489 e. The minimum Gasteiger partial charge on any atom is -0.489 e. The summed E-state index contributed by atoms with van der Waals surface area (Å²) in [7, 11) is 0. The summed E-state index contributed by atoms with van der Waals surface area (Å²) in [5.74, 6) is -1.15. The van der Waals surface area contributed by atoms with E-state index in [1.165, 1.54) is 0 Å². The number of imide groups is 1. The highest BCUT2D eigenvalue weighted by molar-refractivity contribution is 5.94. The van der Waals surface area contributed by atoms with Crippen molar-refractivity contribution in [2.75, 3.05) is 13.1 Å². The molecule has 3 amide bonds. The lowest BCUT2D eigenvalue weighted by atomic mass is 10.1. The third-order valence-corrected chi connectivity index (χ3v) is 4.33. The first-order chi connectivity index (χ1) is 14.8. The van der Waals surface area contributed by atoms with Crippen LogP contribution in [-0.4, -0.2) is 58.6 Å². The van der Waals surface area contributed by atoms with Crippen molar-refractivity contribution in [3.63, 3.8) is 0 Å². The standard InChI is InChI=1S/C21H23N3O7.ClH/c22-8-9-23-19(26)16-3-1-2-15(10-16)12-31-17-6-4-14(5-7-17)11-18(20(27)28)24(13-25)21(29)30;/h1-7,10,13,18H,8-9,11-12,22H2,(H,23,26)(H,27,28)(H,29,30);1H. The van der Waals surface area contributed by atoms with Crippen LogP contribution in [0.1, 0.15) is 21.5 Å². The van der Waals surface area contributed by atoms with Gasteiger partial charge in [-0.3, -0.25) is 9.59 Å². The maximum absolute atomic E-state index is 12.0. The lowest BCUT2D eigenvalue weighted by molar-refractivity contribution is -0.145. The zero-order valence-corrected chi connectivity index (χ0v) is 17.8. The van der Waals surface area contributed by atoms with Crippen LogP contribution in [0.15, 0.2) is 48.5 Å². The molecular weight excluding hydrogens is 442 g/mol. The molecular formula is C21H24ClN3O7. The molecule has 0 aliphatic rings. The van der Waals surface area contributed by atoms with Gasteiger partial charge in [-0.25, -0.2) is 14.5 Å². The van der Waals surface area contributed by atoms with Gasteiger partial charge in [-0.05, 0) is 35.4 Å². The van der Waals surface area contributed by atoms with E-state index in [1.54, 1.807) is 42.5 Å². The Balaban J connectivity index is 0.00000512. The van der Waals surface area contributed by atoms with Crippen molar-refractivity contribution in [2.45, 2.75) is 19.1 Å². The molecule has 2 aromatic rings. The highest BCUT2D eigenvalue weighted by atomic mass is 35.5. The molecule has 11 heteroatoms. The van der Waals surface area contributed by atoms with Crippen molar-refractivity contribution in [3.8, 4) is 5.75 Å². The molecule has 10 nitrogen and oxygen atoms in total. The van der Waals surface area contributed by atoms with Gasteiger partial charge in [0.05, 0.1) is 0 Å². The number of nitrogens with one attached hydrogen (secondary N) is 1. The maximum atomic E-state index is 12.0. The summed E-state index contributed by atoms with van der Waals surface area (Å²) < 4.78 is 5.69. The molecule has 1 unspecified atom stereocenters. The van der Waals surface area contributed by atoms with Crippen molar-refractivity contribution in [1.29, 1.82) is 0 Å². The first-order valence-electron chi connectivity index (χ1n) is 9.34. The van der Waals surface area contributed by atoms with E-state index in [-0.39, 0.29) is 42.7 Å². The summed E-state index contributed by atoms with van der Waals surface area (Å²) in [4.78, 5) is 45.5. The normalized spacial score (nSPS) is 10.9. The molecule has 2 rings (SSSR count). The molecule has 0 spiro atoms. The van der Waals surface area contributed by atoms with Gasteiger partial charge in [0.25, 0.3) is 5.91 Å². The van der Waals surface area contributed by atoms with E-state index in [1.807, 2.05) is 6.07 Å². The summed E-state index contributed by atoms with van der Waals surface area (Å²) in [6.45, 7) is 0.931. The maximum Gasteiger partial charge on any atom is 0.414 e. The Morgan fingerprint density at radius 2 is 1.78 bits per heavy atom. The van der Waals surface area contributed by atoms with Crippen molar-refractivity contribution < 1.29 is 34.1 Å². The Kier molecular flexibility index (Phi) is 10.7. The van der Waals surface area contributed by atoms with Gasteiger partial charge in [0.1, 0.15) is 18.4 Å². The second-order valence-corrected chi connectivity index (χ2v) is 6.53. The van der Waals surface area contributed by atoms with Gasteiger partial charge in [0.15, 0.2) is 0 Å². The van der Waals surface area contributed by atoms with Crippen LogP contribution in [0.2, 0.25) is 0 Å². The minimum absolute atomic E-state index is 0. The van der Waals surface area contributed by atoms with Gasteiger partial charge < -0.3 is 26.0 Å². The van der Waals surface area contributed by atoms with E-state index in [0.29, 0.717) is 30.0 Å². The molecule has 0 heterocycles. The quantitative estimate of drug-likeness (QED) is 0.363. The summed E-state index contributed by atoms with van der Waals surface area (Å²) in [5, 5.41) is 20.9. The van der Waals surface area contributed by atoms with Gasteiger partial charge in [0, 0.05) is 25.1 Å². The molecule has 0 aliphatic carbocycles. The number of carboxylic acids is 1. The predicted molar refractivity (Wildman–Crippen MR) is 117 cm³/mol. The fourth-order valence-corrected chi connectivity index (χ4v) is 2.76. The second-order valence-electron chi connectivity index (χ2n) is 6.53. The van der Waals surface area contributed by atoms with Crippen molar-refractivity contribution in [2.24, 2.45) is 5.73 Å². The Morgan fingerprint density at radius 1 is 1.09 bits per heavy atom. The molecule has 172 valence electrons. The van der Waals surface area contributed by atoms with Crippen LogP contribution >= 0.6 is 12.4 Å². The monoisotopic (exact) mass is 465 g/mol. The molecule has 0 aliphatic heterocycles. The van der Waals surface area contributed by atoms with Crippen molar-refractivity contribution in [3.05, 3.63) is 65.2 Å². The fraction of sp³-hybridized carbons (Fsp3) is 0.238. The molecule has 0 radical (unpaired) electrons. The van der Waals surface area contributed by atoms with Gasteiger partial charge in [-0.1, -0.05) is 24.3 Å². The third-order valence-electron chi connectivity index (χ3n) is 4.33. The first kappa shape index (κ1) is 26.4. The molecule has 32 heavy (non-hydrogen) atoms. The van der Waals surface area contributed by atoms with E-state index in [2.05, 4.69) is 5.32 Å². The van der Waals surface area contributed by atoms with Crippen molar-refractivity contribution in [1.82, 2.24) is 10.2 Å². The average molecular weight is 466 g/mol. The molecule has 1 atom stereocenters. The molecule has 5 N–H and O–H groups in total. The highest BCUT2D eigenvalue weighted by Gasteiger charge is 2.29. The number of ether oxygens (including phenoxy) is 1. The Bertz CT molecular complexity index is 937. The highest BCUT2D eigenvalue weighted by Crippen LogP contribution is 2.17. The van der Waals surface area contributed by atoms with Gasteiger partial charge in [0.2, 0.25) is 6.41 Å². The van der Waals surface area contributed by atoms with E-state index < -0.39 is 18.1 Å². The number of amides is 3. The number of carboxylic acid groups (broad SMARTS) is 2. The lowest BCUT2D eigenvalue weighted by Crippen LogP contribution is -2.44. The number of halogens is 1. The van der Waals surface area contributed by atoms with Crippen LogP contribution in [0.25, 0.3) is 0 Å². The van der Waals surface area contributed by atoms with E-state index >= 15 is 0 Å². The summed E-state index contributed by atoms with van der Waals surface area (Å²) in [6.07, 6.45) is -1.84. The molecule has 0 fully saturated rings. The number of nitrogens with two attached hydrogens (primary N) is 1. The Morgan fingerprint density at radius 3 is 2.34 bits per heavy atom. The molecule has 0 aromatic heterocycles. The van der Waals surface area contributed by atoms with Crippen molar-refractivity contribution >= 4 is 36.8 Å². The number of rotatable bonds is 11. The average Bonchev–Trinajstić information content (AvgIpc) is 2.76. The first-order valence-corrected chi connectivity index (χ1v) is 9.34. The van der Waals surface area contributed by atoms with E-state index in [4.69, 9.17) is 15.6 Å². The number of hydrogen-bond donors (Lipinski definition) is 4. The minimum atomic E-state index is -1.64. The second kappa shape index (κ2) is 12.9. The van der Waals surface area contributed by atoms with Crippen LogP contribution < -0.4 is 15.8 Å². The summed E-state index contributed by atoms with van der Waals surface area (Å²) >= 11 is 0. The number of carbonyl (C=O) groups is 4.